The van der Waals surface area contributed by atoms with Crippen molar-refractivity contribution in [3.63, 3.8) is 0 Å². The molecule has 1 fully saturated rings. The number of phenols is 1. The lowest BCUT2D eigenvalue weighted by molar-refractivity contribution is -0.387. The lowest BCUT2D eigenvalue weighted by Gasteiger charge is -2.31. The molecule has 4 rings (SSSR count). The molecule has 0 aromatic heterocycles. The Morgan fingerprint density at radius 1 is 0.971 bits per heavy atom. The number of nitrogens with one attached hydrogen (secondary N) is 3. The van der Waals surface area contributed by atoms with Crippen molar-refractivity contribution < 1.29 is 47.2 Å². The minimum Gasteiger partial charge on any atom is -0.508 e. The number of sulfonamides is 1. The molecule has 2 aromatic carbocycles. The van der Waals surface area contributed by atoms with E-state index in [1.54, 1.807) is 24.3 Å². The van der Waals surface area contributed by atoms with Crippen LogP contribution >= 0.6 is 0 Å². The quantitative estimate of drug-likeness (QED) is 0.0567. The zero-order chi connectivity index (χ0) is 51.7. The predicted molar refractivity (Wildman–Crippen MR) is 264 cm³/mol. The number of hydrogen-bond acceptors (Lipinski definition) is 13. The summed E-state index contributed by atoms with van der Waals surface area (Å²) in [6.45, 7) is 9.32. The molecule has 0 saturated carbocycles. The molecule has 1 unspecified atom stereocenters. The topological polar surface area (TPSA) is 295 Å². The fourth-order valence-electron chi connectivity index (χ4n) is 9.00. The number of Topliss-reactive ketones (excluding diaryl/α,β-unsaturated/α-hetero) is 2. The summed E-state index contributed by atoms with van der Waals surface area (Å²) in [5.74, 6) is -3.69. The molecule has 0 spiro atoms. The Morgan fingerprint density at radius 3 is 2.37 bits per heavy atom. The van der Waals surface area contributed by atoms with Crippen LogP contribution in [0.2, 0.25) is 0 Å². The highest BCUT2D eigenvalue weighted by atomic mass is 32.2. The number of aromatic hydroxyl groups is 1. The number of carbonyl (C=O) groups excluding carboxylic acids is 6. The number of fused-ring (bicyclic) bond motifs is 3. The molecule has 4 amide bonds. The van der Waals surface area contributed by atoms with Crippen molar-refractivity contribution in [2.24, 2.45) is 29.2 Å². The van der Waals surface area contributed by atoms with Crippen molar-refractivity contribution in [2.75, 3.05) is 26.2 Å². The van der Waals surface area contributed by atoms with Gasteiger partial charge in [0.15, 0.2) is 10.7 Å². The van der Waals surface area contributed by atoms with Crippen LogP contribution in [0.25, 0.3) is 0 Å². The van der Waals surface area contributed by atoms with Crippen LogP contribution in [0.5, 0.6) is 5.75 Å². The van der Waals surface area contributed by atoms with Gasteiger partial charge in [0.05, 0.1) is 17.0 Å². The number of rotatable bonds is 17. The van der Waals surface area contributed by atoms with E-state index < -0.39 is 85.3 Å². The lowest BCUT2D eigenvalue weighted by atomic mass is 9.85. The third kappa shape index (κ3) is 16.0. The van der Waals surface area contributed by atoms with Crippen molar-refractivity contribution in [1.29, 1.82) is 0 Å². The largest absolute Gasteiger partial charge is 0.508 e. The molecule has 7 atom stereocenters. The monoisotopic (exact) mass is 995 g/mol. The number of ketones is 2. The average Bonchev–Trinajstić information content (AvgIpc) is 3.82. The van der Waals surface area contributed by atoms with Crippen LogP contribution in [-0.2, 0) is 51.6 Å². The molecule has 2 bridgehead atoms. The number of allylic oxidation sites excluding steroid dienone is 1. The van der Waals surface area contributed by atoms with Crippen LogP contribution in [0.15, 0.2) is 59.5 Å². The molecule has 2 aliphatic rings. The first-order valence-electron chi connectivity index (χ1n) is 24.6. The van der Waals surface area contributed by atoms with E-state index in [0.29, 0.717) is 49.8 Å². The van der Waals surface area contributed by atoms with Gasteiger partial charge in [-0.25, -0.2) is 8.42 Å². The fraction of sp³-hybridized carbons (Fsp3) is 0.600. The van der Waals surface area contributed by atoms with E-state index in [-0.39, 0.29) is 100 Å². The fourth-order valence-corrected chi connectivity index (χ4v) is 10.6. The van der Waals surface area contributed by atoms with E-state index in [0.717, 1.165) is 16.4 Å². The molecule has 386 valence electrons. The Bertz CT molecular complexity index is 2310. The summed E-state index contributed by atoms with van der Waals surface area (Å²) in [6.07, 6.45) is 6.68. The molecule has 8 N–H and O–H groups in total. The van der Waals surface area contributed by atoms with Gasteiger partial charge < -0.3 is 37.4 Å². The van der Waals surface area contributed by atoms with Gasteiger partial charge in [0.2, 0.25) is 33.7 Å². The number of phenolic OH excluding ortho intramolecular Hbond substituents is 1. The standard InChI is InChI=1S/C50H74N8O11S/c1-6-33(4)46(44(61)31-37(34(5)59)28-32(2)3)55-48(63)40-30-35-22-23-43(60)36(29-35)16-10-13-25-56(70(68,69)45-21-8-7-19-41(45)58(66)67)26-14-11-17-38(52)47(62)53-39(18-9-12-24-51)50(65)57-27-15-20-42(57)49(64)54-40/h7-8,10,13,19,21-23,29,32-33,37-40,42,46,60H,6,9,11-12,14-18,20,24-28,30-31,51-52H2,1-5H3,(H,53,62)(H,54,64)(H,55,63)/t33?,37-,38+,39+,40+,42+,46+/m1/s1. The van der Waals surface area contributed by atoms with Crippen molar-refractivity contribution >= 4 is 50.9 Å². The molecular formula is C50H74N8O11S. The normalized spacial score (nSPS) is 21.8. The van der Waals surface area contributed by atoms with Crippen LogP contribution in [0.1, 0.15) is 116 Å². The summed E-state index contributed by atoms with van der Waals surface area (Å²) in [7, 11) is -4.44. The predicted octanol–water partition coefficient (Wildman–Crippen LogP) is 3.97. The highest BCUT2D eigenvalue weighted by Crippen LogP contribution is 2.28. The molecule has 1 saturated heterocycles. The maximum absolute atomic E-state index is 14.6. The van der Waals surface area contributed by atoms with Gasteiger partial charge in [0.25, 0.3) is 5.69 Å². The second kappa shape index (κ2) is 27.1. The van der Waals surface area contributed by atoms with Gasteiger partial charge in [0.1, 0.15) is 29.7 Å². The first-order valence-corrected chi connectivity index (χ1v) is 26.0. The number of carbonyl (C=O) groups is 6. The minimum atomic E-state index is -4.44. The van der Waals surface area contributed by atoms with Gasteiger partial charge in [0, 0.05) is 44.5 Å². The molecule has 2 heterocycles. The number of nitro groups is 1. The van der Waals surface area contributed by atoms with Crippen LogP contribution in [0.4, 0.5) is 5.69 Å². The van der Waals surface area contributed by atoms with E-state index in [2.05, 4.69) is 16.0 Å². The first kappa shape index (κ1) is 57.0. The number of para-hydroxylation sites is 1. The molecular weight excluding hydrogens is 921 g/mol. The zero-order valence-electron chi connectivity index (χ0n) is 41.3. The summed E-state index contributed by atoms with van der Waals surface area (Å²) >= 11 is 0. The zero-order valence-corrected chi connectivity index (χ0v) is 42.1. The number of nitrogens with two attached hydrogens (primary N) is 2. The summed E-state index contributed by atoms with van der Waals surface area (Å²) in [6, 6.07) is 4.24. The number of amides is 4. The van der Waals surface area contributed by atoms with Crippen LogP contribution in [-0.4, -0.2) is 119 Å². The molecule has 19 nitrogen and oxygen atoms in total. The maximum Gasteiger partial charge on any atom is 0.289 e. The van der Waals surface area contributed by atoms with Gasteiger partial charge in [-0.15, -0.1) is 0 Å². The SMILES string of the molecule is CCC(C)[C@H](NC(=O)[C@@H]1Cc2ccc(O)c(c2)CC=CCN(S(=O)(=O)c2ccccc2[N+](=O)[O-])CCCC[C@H](N)C(=O)N[C@@H](CCCCN)C(=O)N2CCC[C@H]2C(=O)N1)C(=O)C[C@@H](CC(C)C)C(C)=O. The van der Waals surface area contributed by atoms with Crippen molar-refractivity contribution in [3.8, 4) is 5.75 Å². The van der Waals surface area contributed by atoms with Crippen molar-refractivity contribution in [3.05, 3.63) is 75.9 Å². The third-order valence-electron chi connectivity index (χ3n) is 13.3. The second-order valence-corrected chi connectivity index (χ2v) is 21.0. The van der Waals surface area contributed by atoms with E-state index in [1.165, 1.54) is 30.0 Å². The summed E-state index contributed by atoms with van der Waals surface area (Å²) in [5.41, 5.74) is 12.4. The Hall–Kier alpha value is -5.57. The van der Waals surface area contributed by atoms with Gasteiger partial charge >= 0.3 is 0 Å². The Labute approximate surface area is 412 Å². The third-order valence-corrected chi connectivity index (χ3v) is 15.2. The van der Waals surface area contributed by atoms with Gasteiger partial charge in [-0.1, -0.05) is 77.0 Å². The molecule has 2 aliphatic heterocycles. The molecule has 0 radical (unpaired) electrons. The molecule has 20 heteroatoms. The van der Waals surface area contributed by atoms with Crippen LogP contribution in [0.3, 0.4) is 0 Å². The van der Waals surface area contributed by atoms with Crippen molar-refractivity contribution in [1.82, 2.24) is 25.2 Å². The average molecular weight is 995 g/mol. The van der Waals surface area contributed by atoms with E-state index >= 15 is 0 Å². The summed E-state index contributed by atoms with van der Waals surface area (Å²) in [4.78, 5) is 95.7. The summed E-state index contributed by atoms with van der Waals surface area (Å²) < 4.78 is 29.2. The number of hydrogen-bond donors (Lipinski definition) is 6. The maximum atomic E-state index is 14.6. The van der Waals surface area contributed by atoms with Crippen LogP contribution in [0, 0.1) is 27.9 Å². The molecule has 70 heavy (non-hydrogen) atoms. The Balaban J connectivity index is 1.77. The van der Waals surface area contributed by atoms with Gasteiger partial charge in [-0.05, 0) is 106 Å². The number of nitro benzene ring substituents is 1. The highest BCUT2D eigenvalue weighted by molar-refractivity contribution is 7.89. The number of nitrogens with zero attached hydrogens (tertiary/aromatic N) is 3. The smallest absolute Gasteiger partial charge is 0.289 e. The second-order valence-electron chi connectivity index (χ2n) is 19.1. The van der Waals surface area contributed by atoms with Gasteiger partial charge in [-0.3, -0.25) is 38.9 Å². The number of benzene rings is 2. The molecule has 2 aromatic rings. The number of unbranched alkanes of at least 4 members (excludes halogenated alkanes) is 1. The van der Waals surface area contributed by atoms with Gasteiger partial charge in [-0.2, -0.15) is 4.31 Å². The highest BCUT2D eigenvalue weighted by Gasteiger charge is 2.40. The van der Waals surface area contributed by atoms with Crippen LogP contribution < -0.4 is 27.4 Å². The minimum absolute atomic E-state index is 0.0719. The van der Waals surface area contributed by atoms with E-state index in [4.69, 9.17) is 11.5 Å². The Morgan fingerprint density at radius 2 is 1.70 bits per heavy atom. The first-order chi connectivity index (χ1) is 33.2. The Kier molecular flexibility index (Phi) is 22.1. The van der Waals surface area contributed by atoms with E-state index in [9.17, 15) is 52.4 Å². The lowest BCUT2D eigenvalue weighted by Crippen LogP contribution is -2.59. The molecule has 0 aliphatic carbocycles. The van der Waals surface area contributed by atoms with E-state index in [1.807, 2.05) is 27.7 Å². The van der Waals surface area contributed by atoms with Crippen molar-refractivity contribution in [2.45, 2.75) is 153 Å². The summed E-state index contributed by atoms with van der Waals surface area (Å²) in [5, 5.41) is 31.5.